The van der Waals surface area contributed by atoms with Crippen LogP contribution < -0.4 is 19.5 Å². The third kappa shape index (κ3) is 2.85. The lowest BCUT2D eigenvalue weighted by atomic mass is 9.78. The van der Waals surface area contributed by atoms with E-state index in [1.54, 1.807) is 0 Å². The van der Waals surface area contributed by atoms with E-state index in [4.69, 9.17) is 14.2 Å². The molecule has 1 aromatic carbocycles. The topological polar surface area (TPSA) is 60.0 Å². The standard InChI is InChI=1S/C16H21NO4.ClH/c18-12-6-10-8-17-9-11(10)7-15(12)21-14-3-1-2-13-16(14)20-5-4-19-13;/h1-3,10-12,15,17-18H,4-9H2;1H/t10-,11+,12+,15+;/m0./s1. The molecule has 0 spiro atoms. The maximum Gasteiger partial charge on any atom is 0.203 e. The minimum Gasteiger partial charge on any atom is -0.486 e. The Morgan fingerprint density at radius 2 is 1.86 bits per heavy atom. The van der Waals surface area contributed by atoms with Crippen LogP contribution in [-0.4, -0.2) is 43.6 Å². The third-order valence-electron chi connectivity index (χ3n) is 4.80. The summed E-state index contributed by atoms with van der Waals surface area (Å²) >= 11 is 0. The van der Waals surface area contributed by atoms with Crippen LogP contribution >= 0.6 is 12.4 Å². The predicted molar refractivity (Wildman–Crippen MR) is 84.2 cm³/mol. The van der Waals surface area contributed by atoms with E-state index in [9.17, 15) is 5.11 Å². The molecule has 1 aromatic rings. The van der Waals surface area contributed by atoms with Gasteiger partial charge in [-0.1, -0.05) is 6.07 Å². The van der Waals surface area contributed by atoms with Crippen molar-refractivity contribution in [3.05, 3.63) is 18.2 Å². The number of hydrogen-bond donors (Lipinski definition) is 2. The Hall–Kier alpha value is -1.17. The number of hydrogen-bond acceptors (Lipinski definition) is 5. The summed E-state index contributed by atoms with van der Waals surface area (Å²) < 4.78 is 17.3. The maximum absolute atomic E-state index is 10.4. The van der Waals surface area contributed by atoms with Crippen molar-refractivity contribution in [1.29, 1.82) is 0 Å². The average molecular weight is 328 g/mol. The molecule has 22 heavy (non-hydrogen) atoms. The molecule has 4 atom stereocenters. The van der Waals surface area contributed by atoms with Crippen LogP contribution in [0.4, 0.5) is 0 Å². The molecule has 3 aliphatic rings. The summed E-state index contributed by atoms with van der Waals surface area (Å²) in [7, 11) is 0. The number of benzene rings is 1. The number of rotatable bonds is 2. The maximum atomic E-state index is 10.4. The number of fused-ring (bicyclic) bond motifs is 2. The Morgan fingerprint density at radius 3 is 2.73 bits per heavy atom. The van der Waals surface area contributed by atoms with Gasteiger partial charge in [0.1, 0.15) is 19.3 Å². The second kappa shape index (κ2) is 6.52. The quantitative estimate of drug-likeness (QED) is 0.864. The van der Waals surface area contributed by atoms with E-state index >= 15 is 0 Å². The monoisotopic (exact) mass is 327 g/mol. The molecule has 5 nitrogen and oxygen atoms in total. The highest BCUT2D eigenvalue weighted by atomic mass is 35.5. The second-order valence-electron chi connectivity index (χ2n) is 6.15. The van der Waals surface area contributed by atoms with Crippen molar-refractivity contribution in [2.75, 3.05) is 26.3 Å². The lowest BCUT2D eigenvalue weighted by Crippen LogP contribution is -2.42. The zero-order valence-corrected chi connectivity index (χ0v) is 13.2. The zero-order chi connectivity index (χ0) is 14.2. The Labute approximate surface area is 136 Å². The van der Waals surface area contributed by atoms with Gasteiger partial charge < -0.3 is 24.6 Å². The van der Waals surface area contributed by atoms with Gasteiger partial charge in [0.05, 0.1) is 6.10 Å². The number of nitrogens with one attached hydrogen (secondary N) is 1. The SMILES string of the molecule is Cl.O[C@@H]1C[C@H]2CNC[C@H]2C[C@H]1Oc1cccc2c1OCCO2. The second-order valence-corrected chi connectivity index (χ2v) is 6.15. The molecule has 0 radical (unpaired) electrons. The lowest BCUT2D eigenvalue weighted by Gasteiger charge is -2.35. The highest BCUT2D eigenvalue weighted by Gasteiger charge is 2.40. The van der Waals surface area contributed by atoms with Gasteiger partial charge in [-0.15, -0.1) is 12.4 Å². The van der Waals surface area contributed by atoms with Crippen LogP contribution in [-0.2, 0) is 0 Å². The van der Waals surface area contributed by atoms with Crippen molar-refractivity contribution >= 4 is 12.4 Å². The lowest BCUT2D eigenvalue weighted by molar-refractivity contribution is -0.0249. The Balaban J connectivity index is 0.00000144. The summed E-state index contributed by atoms with van der Waals surface area (Å²) in [4.78, 5) is 0. The molecule has 2 heterocycles. The molecule has 4 rings (SSSR count). The molecular weight excluding hydrogens is 306 g/mol. The number of aliphatic hydroxyl groups is 1. The first kappa shape index (κ1) is 15.7. The number of para-hydroxylation sites is 1. The molecule has 1 saturated carbocycles. The molecule has 6 heteroatoms. The molecule has 0 amide bonds. The van der Waals surface area contributed by atoms with Crippen LogP contribution in [0.2, 0.25) is 0 Å². The normalized spacial score (nSPS) is 32.8. The highest BCUT2D eigenvalue weighted by Crippen LogP contribution is 2.41. The summed E-state index contributed by atoms with van der Waals surface area (Å²) in [6.07, 6.45) is 1.13. The largest absolute Gasteiger partial charge is 0.486 e. The molecule has 2 fully saturated rings. The molecule has 0 aromatic heterocycles. The van der Waals surface area contributed by atoms with Crippen molar-refractivity contribution in [3.63, 3.8) is 0 Å². The van der Waals surface area contributed by atoms with Crippen LogP contribution in [0.3, 0.4) is 0 Å². The van der Waals surface area contributed by atoms with Gasteiger partial charge in [-0.25, -0.2) is 0 Å². The van der Waals surface area contributed by atoms with Gasteiger partial charge in [0.15, 0.2) is 11.5 Å². The van der Waals surface area contributed by atoms with Crippen LogP contribution in [0.5, 0.6) is 17.2 Å². The molecule has 0 bridgehead atoms. The molecule has 0 unspecified atom stereocenters. The van der Waals surface area contributed by atoms with Gasteiger partial charge in [0.25, 0.3) is 0 Å². The minimum atomic E-state index is -0.411. The van der Waals surface area contributed by atoms with Gasteiger partial charge in [0, 0.05) is 0 Å². The van der Waals surface area contributed by atoms with Crippen molar-refractivity contribution in [1.82, 2.24) is 5.32 Å². The van der Waals surface area contributed by atoms with Crippen LogP contribution in [0, 0.1) is 11.8 Å². The summed E-state index contributed by atoms with van der Waals surface area (Å²) in [6, 6.07) is 5.67. The van der Waals surface area contributed by atoms with Crippen molar-refractivity contribution in [3.8, 4) is 17.2 Å². The first-order chi connectivity index (χ1) is 10.3. The van der Waals surface area contributed by atoms with E-state index in [0.717, 1.165) is 31.7 Å². The van der Waals surface area contributed by atoms with Crippen molar-refractivity contribution in [2.24, 2.45) is 11.8 Å². The summed E-state index contributed by atoms with van der Waals surface area (Å²) in [5.74, 6) is 3.27. The molecule has 2 aliphatic heterocycles. The van der Waals surface area contributed by atoms with Crippen molar-refractivity contribution < 1.29 is 19.3 Å². The van der Waals surface area contributed by atoms with Crippen LogP contribution in [0.25, 0.3) is 0 Å². The first-order valence-corrected chi connectivity index (χ1v) is 7.75. The number of halogens is 1. The summed E-state index contributed by atoms with van der Waals surface area (Å²) in [6.45, 7) is 3.16. The van der Waals surface area contributed by atoms with Gasteiger partial charge in [0.2, 0.25) is 5.75 Å². The minimum absolute atomic E-state index is 0. The Kier molecular flexibility index (Phi) is 4.66. The molecular formula is C16H22ClNO4. The molecule has 1 saturated heterocycles. The van der Waals surface area contributed by atoms with E-state index < -0.39 is 6.10 Å². The van der Waals surface area contributed by atoms with E-state index in [-0.39, 0.29) is 18.5 Å². The zero-order valence-electron chi connectivity index (χ0n) is 12.4. The van der Waals surface area contributed by atoms with E-state index in [2.05, 4.69) is 5.32 Å². The third-order valence-corrected chi connectivity index (χ3v) is 4.80. The predicted octanol–water partition coefficient (Wildman–Crippen LogP) is 1.62. The highest BCUT2D eigenvalue weighted by molar-refractivity contribution is 5.85. The van der Waals surface area contributed by atoms with E-state index in [1.165, 1.54) is 0 Å². The van der Waals surface area contributed by atoms with Crippen LogP contribution in [0.15, 0.2) is 18.2 Å². The van der Waals surface area contributed by atoms with Gasteiger partial charge >= 0.3 is 0 Å². The van der Waals surface area contributed by atoms with Gasteiger partial charge in [-0.05, 0) is 49.9 Å². The van der Waals surface area contributed by atoms with E-state index in [0.29, 0.717) is 36.5 Å². The fourth-order valence-electron chi connectivity index (χ4n) is 3.69. The van der Waals surface area contributed by atoms with Gasteiger partial charge in [-0.2, -0.15) is 0 Å². The fraction of sp³-hybridized carbons (Fsp3) is 0.625. The summed E-state index contributed by atoms with van der Waals surface area (Å²) in [5.41, 5.74) is 0. The molecule has 2 N–H and O–H groups in total. The van der Waals surface area contributed by atoms with Crippen molar-refractivity contribution in [2.45, 2.75) is 25.0 Å². The Morgan fingerprint density at radius 1 is 1.09 bits per heavy atom. The van der Waals surface area contributed by atoms with E-state index in [1.807, 2.05) is 18.2 Å². The van der Waals surface area contributed by atoms with Crippen LogP contribution in [0.1, 0.15) is 12.8 Å². The number of aliphatic hydroxyl groups excluding tert-OH is 1. The Bertz CT molecular complexity index is 527. The molecule has 1 aliphatic carbocycles. The number of ether oxygens (including phenoxy) is 3. The summed E-state index contributed by atoms with van der Waals surface area (Å²) in [5, 5.41) is 13.8. The first-order valence-electron chi connectivity index (χ1n) is 7.75. The van der Waals surface area contributed by atoms with Gasteiger partial charge in [-0.3, -0.25) is 0 Å². The molecule has 122 valence electrons. The average Bonchev–Trinajstić information content (AvgIpc) is 2.95. The fourth-order valence-corrected chi connectivity index (χ4v) is 3.69. The smallest absolute Gasteiger partial charge is 0.203 e.